The summed E-state index contributed by atoms with van der Waals surface area (Å²) in [4.78, 5) is 18.4. The van der Waals surface area contributed by atoms with E-state index in [0.717, 1.165) is 5.56 Å². The van der Waals surface area contributed by atoms with Gasteiger partial charge in [0.25, 0.3) is 5.56 Å². The number of rotatable bonds is 2. The molecule has 0 aliphatic heterocycles. The molecule has 0 spiro atoms. The first-order valence-electron chi connectivity index (χ1n) is 5.44. The zero-order valence-corrected chi connectivity index (χ0v) is 9.47. The van der Waals surface area contributed by atoms with Crippen molar-refractivity contribution >= 4 is 16.6 Å². The Bertz CT molecular complexity index is 770. The number of aromatic nitrogens is 4. The third-order valence-electron chi connectivity index (χ3n) is 2.77. The maximum absolute atomic E-state index is 11.8. The van der Waals surface area contributed by atoms with Crippen molar-refractivity contribution in [3.05, 3.63) is 64.8 Å². The van der Waals surface area contributed by atoms with Crippen molar-refractivity contribution < 1.29 is 0 Å². The van der Waals surface area contributed by atoms with Crippen molar-refractivity contribution in [2.45, 2.75) is 0 Å². The first-order valence-corrected chi connectivity index (χ1v) is 5.44. The van der Waals surface area contributed by atoms with E-state index in [-0.39, 0.29) is 5.56 Å². The molecule has 0 saturated carbocycles. The molecule has 0 atom stereocenters. The quantitative estimate of drug-likeness (QED) is 0.713. The maximum Gasteiger partial charge on any atom is 0.262 e. The minimum Gasteiger partial charge on any atom is -0.312 e. The first-order chi connectivity index (χ1) is 8.77. The fourth-order valence-electron chi connectivity index (χ4n) is 1.86. The highest BCUT2D eigenvalue weighted by atomic mass is 16.1. The van der Waals surface area contributed by atoms with Crippen molar-refractivity contribution in [3.63, 3.8) is 0 Å². The molecule has 5 heteroatoms. The summed E-state index contributed by atoms with van der Waals surface area (Å²) in [5.74, 6) is 0. The standard InChI is InChI=1S/C13H10N4O/c1-8(9-5-3-2-4-6-9)11-10-12(17-16-11)14-7-15-13(10)18/h2-7H,1H2,(H2,14,15,16,17,18). The summed E-state index contributed by atoms with van der Waals surface area (Å²) in [6.45, 7) is 4.00. The molecule has 0 amide bonds. The van der Waals surface area contributed by atoms with Crippen LogP contribution in [-0.4, -0.2) is 20.2 Å². The number of nitrogens with one attached hydrogen (secondary N) is 2. The van der Waals surface area contributed by atoms with Gasteiger partial charge in [0.05, 0.1) is 6.33 Å². The lowest BCUT2D eigenvalue weighted by Gasteiger charge is -2.01. The van der Waals surface area contributed by atoms with Crippen molar-refractivity contribution in [1.82, 2.24) is 20.2 Å². The van der Waals surface area contributed by atoms with Crippen LogP contribution in [0.3, 0.4) is 0 Å². The summed E-state index contributed by atoms with van der Waals surface area (Å²) < 4.78 is 0. The molecule has 0 fully saturated rings. The van der Waals surface area contributed by atoms with Crippen LogP contribution < -0.4 is 5.56 Å². The maximum atomic E-state index is 11.8. The number of hydrogen-bond acceptors (Lipinski definition) is 3. The van der Waals surface area contributed by atoms with E-state index in [2.05, 4.69) is 26.7 Å². The topological polar surface area (TPSA) is 74.4 Å². The Morgan fingerprint density at radius 2 is 2.00 bits per heavy atom. The second-order valence-electron chi connectivity index (χ2n) is 3.87. The van der Waals surface area contributed by atoms with Gasteiger partial charge in [-0.1, -0.05) is 36.9 Å². The monoisotopic (exact) mass is 238 g/mol. The van der Waals surface area contributed by atoms with Gasteiger partial charge in [0.15, 0.2) is 5.65 Å². The van der Waals surface area contributed by atoms with Crippen LogP contribution >= 0.6 is 0 Å². The highest BCUT2D eigenvalue weighted by Gasteiger charge is 2.13. The normalized spacial score (nSPS) is 10.7. The molecule has 88 valence electrons. The Morgan fingerprint density at radius 3 is 2.78 bits per heavy atom. The van der Waals surface area contributed by atoms with Crippen molar-refractivity contribution in [1.29, 1.82) is 0 Å². The number of nitrogens with zero attached hydrogens (tertiary/aromatic N) is 2. The predicted molar refractivity (Wildman–Crippen MR) is 69.1 cm³/mol. The number of aromatic amines is 2. The summed E-state index contributed by atoms with van der Waals surface area (Å²) in [6.07, 6.45) is 1.35. The molecule has 2 heterocycles. The number of H-pyrrole nitrogens is 2. The van der Waals surface area contributed by atoms with E-state index in [4.69, 9.17) is 0 Å². The molecule has 0 unspecified atom stereocenters. The lowest BCUT2D eigenvalue weighted by Crippen LogP contribution is -2.06. The van der Waals surface area contributed by atoms with Crippen LogP contribution in [0.5, 0.6) is 0 Å². The van der Waals surface area contributed by atoms with Crippen LogP contribution in [0.4, 0.5) is 0 Å². The predicted octanol–water partition coefficient (Wildman–Crippen LogP) is 1.71. The van der Waals surface area contributed by atoms with Gasteiger partial charge >= 0.3 is 0 Å². The number of fused-ring (bicyclic) bond motifs is 1. The second-order valence-corrected chi connectivity index (χ2v) is 3.87. The van der Waals surface area contributed by atoms with Gasteiger partial charge in [0.1, 0.15) is 11.1 Å². The summed E-state index contributed by atoms with van der Waals surface area (Å²) >= 11 is 0. The lowest BCUT2D eigenvalue weighted by molar-refractivity contribution is 1.07. The first kappa shape index (κ1) is 10.5. The van der Waals surface area contributed by atoms with Crippen LogP contribution in [-0.2, 0) is 0 Å². The SMILES string of the molecule is C=C(c1ccccc1)c1n[nH]c2nc[nH]c(=O)c12. The Hall–Kier alpha value is -2.69. The van der Waals surface area contributed by atoms with Gasteiger partial charge in [-0.2, -0.15) is 5.10 Å². The summed E-state index contributed by atoms with van der Waals surface area (Å²) in [6, 6.07) is 9.60. The fraction of sp³-hybridized carbons (Fsp3) is 0. The van der Waals surface area contributed by atoms with Crippen molar-refractivity contribution in [2.75, 3.05) is 0 Å². The minimum absolute atomic E-state index is 0.221. The lowest BCUT2D eigenvalue weighted by atomic mass is 10.0. The molecule has 3 rings (SSSR count). The Morgan fingerprint density at radius 1 is 1.22 bits per heavy atom. The molecule has 2 N–H and O–H groups in total. The molecule has 18 heavy (non-hydrogen) atoms. The second kappa shape index (κ2) is 3.96. The fourth-order valence-corrected chi connectivity index (χ4v) is 1.86. The van der Waals surface area contributed by atoms with E-state index >= 15 is 0 Å². The Balaban J connectivity index is 2.22. The van der Waals surface area contributed by atoms with E-state index in [1.54, 1.807) is 0 Å². The van der Waals surface area contributed by atoms with Crippen LogP contribution in [0.1, 0.15) is 11.3 Å². The summed E-state index contributed by atoms with van der Waals surface area (Å²) in [7, 11) is 0. The molecule has 0 aliphatic rings. The van der Waals surface area contributed by atoms with Gasteiger partial charge in [0.2, 0.25) is 0 Å². The van der Waals surface area contributed by atoms with Crippen molar-refractivity contribution in [3.8, 4) is 0 Å². The van der Waals surface area contributed by atoms with Crippen molar-refractivity contribution in [2.24, 2.45) is 0 Å². The Labute approximate surface area is 102 Å². The number of benzene rings is 1. The van der Waals surface area contributed by atoms with E-state index in [0.29, 0.717) is 22.3 Å². The average molecular weight is 238 g/mol. The smallest absolute Gasteiger partial charge is 0.262 e. The zero-order chi connectivity index (χ0) is 12.5. The molecule has 0 aliphatic carbocycles. The molecular formula is C13H10N4O. The van der Waals surface area contributed by atoms with E-state index in [1.165, 1.54) is 6.33 Å². The van der Waals surface area contributed by atoms with Crippen LogP contribution in [0.2, 0.25) is 0 Å². The van der Waals surface area contributed by atoms with Crippen LogP contribution in [0.15, 0.2) is 48.0 Å². The molecule has 3 aromatic rings. The molecule has 1 aromatic carbocycles. The Kier molecular flexibility index (Phi) is 2.30. The van der Waals surface area contributed by atoms with E-state index in [9.17, 15) is 4.79 Å². The van der Waals surface area contributed by atoms with E-state index in [1.807, 2.05) is 30.3 Å². The van der Waals surface area contributed by atoms with Gasteiger partial charge in [-0.05, 0) is 5.56 Å². The molecule has 0 radical (unpaired) electrons. The number of hydrogen-bond donors (Lipinski definition) is 2. The molecule has 0 bridgehead atoms. The molecular weight excluding hydrogens is 228 g/mol. The molecule has 2 aromatic heterocycles. The van der Waals surface area contributed by atoms with Crippen LogP contribution in [0, 0.1) is 0 Å². The molecule has 5 nitrogen and oxygen atoms in total. The van der Waals surface area contributed by atoms with Crippen LogP contribution in [0.25, 0.3) is 16.6 Å². The minimum atomic E-state index is -0.221. The van der Waals surface area contributed by atoms with Gasteiger partial charge in [0, 0.05) is 5.57 Å². The average Bonchev–Trinajstić information content (AvgIpc) is 2.84. The summed E-state index contributed by atoms with van der Waals surface area (Å²) in [5.41, 5.74) is 2.40. The third-order valence-corrected chi connectivity index (χ3v) is 2.77. The van der Waals surface area contributed by atoms with Gasteiger partial charge in [-0.3, -0.25) is 9.89 Å². The molecule has 0 saturated heterocycles. The van der Waals surface area contributed by atoms with Gasteiger partial charge < -0.3 is 4.98 Å². The third kappa shape index (κ3) is 1.53. The van der Waals surface area contributed by atoms with E-state index < -0.39 is 0 Å². The zero-order valence-electron chi connectivity index (χ0n) is 9.47. The largest absolute Gasteiger partial charge is 0.312 e. The summed E-state index contributed by atoms with van der Waals surface area (Å²) in [5, 5.41) is 7.30. The highest BCUT2D eigenvalue weighted by Crippen LogP contribution is 2.23. The van der Waals surface area contributed by atoms with Gasteiger partial charge in [-0.15, -0.1) is 0 Å². The van der Waals surface area contributed by atoms with Gasteiger partial charge in [-0.25, -0.2) is 4.98 Å². The highest BCUT2D eigenvalue weighted by molar-refractivity contribution is 5.91.